The van der Waals surface area contributed by atoms with Gasteiger partial charge in [0.25, 0.3) is 0 Å². The molecule has 1 amide bonds. The third-order valence-electron chi connectivity index (χ3n) is 3.65. The number of carboxylic acid groups (broad SMARTS) is 1. The number of likely N-dealkylation sites (tertiary alicyclic amines) is 1. The molecule has 0 saturated carbocycles. The standard InChI is InChI=1S/C12H12INO2/c13-9-1-2-10-7-3-8(11(10)4-9)6-14(5-7)12(15)16/h1-2,4,7-8H,3,5-6H2,(H,15,16). The van der Waals surface area contributed by atoms with Gasteiger partial charge in [-0.15, -0.1) is 0 Å². The monoisotopic (exact) mass is 329 g/mol. The van der Waals surface area contributed by atoms with Gasteiger partial charge in [-0.25, -0.2) is 4.79 Å². The van der Waals surface area contributed by atoms with Gasteiger partial charge >= 0.3 is 6.09 Å². The highest BCUT2D eigenvalue weighted by Gasteiger charge is 2.39. The fourth-order valence-electron chi connectivity index (χ4n) is 2.98. The summed E-state index contributed by atoms with van der Waals surface area (Å²) in [6, 6.07) is 6.50. The number of rotatable bonds is 0. The molecule has 0 aromatic heterocycles. The molecule has 0 radical (unpaired) electrons. The molecule has 3 nitrogen and oxygen atoms in total. The summed E-state index contributed by atoms with van der Waals surface area (Å²) in [6.45, 7) is 1.33. The lowest BCUT2D eigenvalue weighted by molar-refractivity contribution is 0.129. The molecule has 2 unspecified atom stereocenters. The van der Waals surface area contributed by atoms with Crippen LogP contribution in [0.5, 0.6) is 0 Å². The Morgan fingerprint density at radius 2 is 2.00 bits per heavy atom. The largest absolute Gasteiger partial charge is 0.465 e. The smallest absolute Gasteiger partial charge is 0.407 e. The summed E-state index contributed by atoms with van der Waals surface area (Å²) in [6.07, 6.45) is 0.344. The zero-order chi connectivity index (χ0) is 11.3. The molecule has 1 aromatic rings. The Balaban J connectivity index is 1.99. The normalized spacial score (nSPS) is 26.7. The van der Waals surface area contributed by atoms with Crippen molar-refractivity contribution >= 4 is 28.7 Å². The molecule has 84 valence electrons. The molecule has 2 bridgehead atoms. The molecule has 1 fully saturated rings. The summed E-state index contributed by atoms with van der Waals surface area (Å²) in [5.74, 6) is 0.835. The summed E-state index contributed by atoms with van der Waals surface area (Å²) < 4.78 is 1.24. The van der Waals surface area contributed by atoms with Crippen molar-refractivity contribution in [2.75, 3.05) is 13.1 Å². The Hall–Kier alpha value is -0.780. The van der Waals surface area contributed by atoms with E-state index in [1.54, 1.807) is 4.90 Å². The molecular formula is C12H12INO2. The van der Waals surface area contributed by atoms with Gasteiger partial charge < -0.3 is 10.0 Å². The predicted molar refractivity (Wildman–Crippen MR) is 68.9 cm³/mol. The fourth-order valence-corrected chi connectivity index (χ4v) is 3.49. The van der Waals surface area contributed by atoms with Gasteiger partial charge in [-0.3, -0.25) is 0 Å². The van der Waals surface area contributed by atoms with Crippen molar-refractivity contribution in [2.45, 2.75) is 18.3 Å². The maximum Gasteiger partial charge on any atom is 0.407 e. The first-order chi connectivity index (χ1) is 7.65. The van der Waals surface area contributed by atoms with Gasteiger partial charge in [0.2, 0.25) is 0 Å². The Morgan fingerprint density at radius 3 is 2.69 bits per heavy atom. The Kier molecular flexibility index (Phi) is 2.34. The molecule has 3 rings (SSSR count). The number of amides is 1. The number of benzene rings is 1. The van der Waals surface area contributed by atoms with E-state index in [-0.39, 0.29) is 0 Å². The van der Waals surface area contributed by atoms with E-state index in [1.807, 2.05) is 0 Å². The lowest BCUT2D eigenvalue weighted by Gasteiger charge is -2.29. The summed E-state index contributed by atoms with van der Waals surface area (Å²) in [5, 5.41) is 9.06. The number of carbonyl (C=O) groups is 1. The molecule has 1 saturated heterocycles. The average Bonchev–Trinajstić information content (AvgIpc) is 2.50. The Bertz CT molecular complexity index is 460. The molecule has 4 heteroatoms. The van der Waals surface area contributed by atoms with Crippen molar-refractivity contribution in [1.29, 1.82) is 0 Å². The highest BCUT2D eigenvalue weighted by atomic mass is 127. The molecule has 16 heavy (non-hydrogen) atoms. The van der Waals surface area contributed by atoms with Crippen LogP contribution in [-0.2, 0) is 0 Å². The van der Waals surface area contributed by atoms with E-state index < -0.39 is 6.09 Å². The second kappa shape index (κ2) is 3.61. The van der Waals surface area contributed by atoms with Gasteiger partial charge in [-0.1, -0.05) is 6.07 Å². The lowest BCUT2D eigenvalue weighted by atomic mass is 9.96. The van der Waals surface area contributed by atoms with Crippen LogP contribution in [0, 0.1) is 3.57 Å². The van der Waals surface area contributed by atoms with Gasteiger partial charge in [0.1, 0.15) is 0 Å². The third kappa shape index (κ3) is 1.50. The predicted octanol–water partition coefficient (Wildman–Crippen LogP) is 2.86. The van der Waals surface area contributed by atoms with Crippen molar-refractivity contribution in [1.82, 2.24) is 4.90 Å². The van der Waals surface area contributed by atoms with Crippen LogP contribution in [0.4, 0.5) is 4.79 Å². The van der Waals surface area contributed by atoms with E-state index >= 15 is 0 Å². The maximum atomic E-state index is 11.0. The quantitative estimate of drug-likeness (QED) is 0.744. The van der Waals surface area contributed by atoms with Crippen LogP contribution in [0.25, 0.3) is 0 Å². The molecule has 1 N–H and O–H groups in total. The number of fused-ring (bicyclic) bond motifs is 5. The van der Waals surface area contributed by atoms with Crippen molar-refractivity contribution in [3.63, 3.8) is 0 Å². The Labute approximate surface area is 108 Å². The topological polar surface area (TPSA) is 40.5 Å². The van der Waals surface area contributed by atoms with E-state index in [0.717, 1.165) is 6.42 Å². The van der Waals surface area contributed by atoms with Crippen LogP contribution < -0.4 is 0 Å². The van der Waals surface area contributed by atoms with E-state index in [1.165, 1.54) is 14.7 Å². The average molecular weight is 329 g/mol. The minimum absolute atomic E-state index is 0.416. The molecule has 2 atom stereocenters. The molecule has 1 aliphatic carbocycles. The first-order valence-electron chi connectivity index (χ1n) is 5.42. The second-order valence-corrected chi connectivity index (χ2v) is 5.84. The van der Waals surface area contributed by atoms with Crippen LogP contribution in [0.3, 0.4) is 0 Å². The van der Waals surface area contributed by atoms with E-state index in [4.69, 9.17) is 5.11 Å². The molecule has 1 aromatic carbocycles. The van der Waals surface area contributed by atoms with Crippen LogP contribution in [0.1, 0.15) is 29.4 Å². The van der Waals surface area contributed by atoms with Gasteiger partial charge in [-0.05, 0) is 52.3 Å². The van der Waals surface area contributed by atoms with Crippen LogP contribution in [0.15, 0.2) is 18.2 Å². The molecule has 1 heterocycles. The highest BCUT2D eigenvalue weighted by molar-refractivity contribution is 14.1. The van der Waals surface area contributed by atoms with E-state index in [9.17, 15) is 4.79 Å². The maximum absolute atomic E-state index is 11.0. The zero-order valence-electron chi connectivity index (χ0n) is 8.69. The third-order valence-corrected chi connectivity index (χ3v) is 4.32. The summed E-state index contributed by atoms with van der Waals surface area (Å²) in [7, 11) is 0. The minimum Gasteiger partial charge on any atom is -0.465 e. The van der Waals surface area contributed by atoms with E-state index in [2.05, 4.69) is 40.8 Å². The van der Waals surface area contributed by atoms with Gasteiger partial charge in [0.15, 0.2) is 0 Å². The summed E-state index contributed by atoms with van der Waals surface area (Å²) in [4.78, 5) is 12.6. The molecule has 1 aliphatic heterocycles. The summed E-state index contributed by atoms with van der Waals surface area (Å²) in [5.41, 5.74) is 2.75. The van der Waals surface area contributed by atoms with Gasteiger partial charge in [0.05, 0.1) is 0 Å². The number of nitrogens with zero attached hydrogens (tertiary/aromatic N) is 1. The lowest BCUT2D eigenvalue weighted by Crippen LogP contribution is -2.38. The van der Waals surface area contributed by atoms with Crippen LogP contribution in [0.2, 0.25) is 0 Å². The first-order valence-corrected chi connectivity index (χ1v) is 6.50. The highest BCUT2D eigenvalue weighted by Crippen LogP contribution is 2.46. The van der Waals surface area contributed by atoms with Gasteiger partial charge in [-0.2, -0.15) is 0 Å². The minimum atomic E-state index is -0.780. The number of hydrogen-bond donors (Lipinski definition) is 1. The molecule has 0 spiro atoms. The number of halogens is 1. The summed E-state index contributed by atoms with van der Waals surface area (Å²) >= 11 is 2.32. The van der Waals surface area contributed by atoms with Gasteiger partial charge in [0, 0.05) is 28.5 Å². The fraction of sp³-hybridized carbons (Fsp3) is 0.417. The SMILES string of the molecule is O=C(O)N1CC2CC(C1)c1cc(I)ccc12. The van der Waals surface area contributed by atoms with Crippen molar-refractivity contribution in [2.24, 2.45) is 0 Å². The van der Waals surface area contributed by atoms with Crippen molar-refractivity contribution in [3.05, 3.63) is 32.9 Å². The first kappa shape index (κ1) is 10.4. The van der Waals surface area contributed by atoms with Crippen molar-refractivity contribution in [3.8, 4) is 0 Å². The van der Waals surface area contributed by atoms with Crippen LogP contribution in [-0.4, -0.2) is 29.2 Å². The molecular weight excluding hydrogens is 317 g/mol. The van der Waals surface area contributed by atoms with Crippen LogP contribution >= 0.6 is 22.6 Å². The zero-order valence-corrected chi connectivity index (χ0v) is 10.8. The molecule has 2 aliphatic rings. The number of piperidine rings is 1. The van der Waals surface area contributed by atoms with Crippen molar-refractivity contribution < 1.29 is 9.90 Å². The Morgan fingerprint density at radius 1 is 1.31 bits per heavy atom. The number of hydrogen-bond acceptors (Lipinski definition) is 1. The van der Waals surface area contributed by atoms with E-state index in [0.29, 0.717) is 24.9 Å². The second-order valence-electron chi connectivity index (χ2n) is 4.59.